The highest BCUT2D eigenvalue weighted by Crippen LogP contribution is 2.38. The number of benzene rings is 1. The summed E-state index contributed by atoms with van der Waals surface area (Å²) in [6.07, 6.45) is 9.94. The summed E-state index contributed by atoms with van der Waals surface area (Å²) in [4.78, 5) is 27.3. The maximum absolute atomic E-state index is 13.5. The molecule has 0 radical (unpaired) electrons. The summed E-state index contributed by atoms with van der Waals surface area (Å²) in [5, 5.41) is 13.4. The molecule has 4 rings (SSSR count). The molecule has 3 aliphatic rings. The van der Waals surface area contributed by atoms with Crippen LogP contribution in [0.15, 0.2) is 21.9 Å². The molecule has 1 saturated heterocycles. The lowest BCUT2D eigenvalue weighted by Gasteiger charge is -2.34. The smallest absolute Gasteiger partial charge is 0.410 e. The standard InChI is InChI=1S/C26H35N5O4S/c1-25(2,3)35-24(33)31-14-7-12-26(31,4)13-15-36(34,28-17-27)30-23(32)29-22-20-10-5-8-18(20)16-19-9-6-11-21(19)22/h13,15-16H,5-12,14H2,1-4H3,(H2,28,29,30,32,34)/b15-13+/t26-,36?/m1/s1. The van der Waals surface area contributed by atoms with Crippen LogP contribution in [0.5, 0.6) is 0 Å². The third-order valence-corrected chi connectivity index (χ3v) is 8.37. The van der Waals surface area contributed by atoms with E-state index < -0.39 is 33.2 Å². The van der Waals surface area contributed by atoms with Gasteiger partial charge >= 0.3 is 12.1 Å². The minimum atomic E-state index is -3.55. The number of hydrogen-bond acceptors (Lipinski definition) is 6. The van der Waals surface area contributed by atoms with Gasteiger partial charge in [-0.15, -0.1) is 0 Å². The van der Waals surface area contributed by atoms with Crippen LogP contribution in [-0.2, 0) is 40.3 Å². The summed E-state index contributed by atoms with van der Waals surface area (Å²) in [6.45, 7) is 7.72. The maximum Gasteiger partial charge on any atom is 0.410 e. The molecule has 9 nitrogen and oxygen atoms in total. The third kappa shape index (κ3) is 5.51. The summed E-state index contributed by atoms with van der Waals surface area (Å²) >= 11 is 0. The fourth-order valence-electron chi connectivity index (χ4n) is 5.40. The van der Waals surface area contributed by atoms with Gasteiger partial charge in [0.25, 0.3) is 0 Å². The molecular formula is C26H35N5O4S. The van der Waals surface area contributed by atoms with Crippen LogP contribution >= 0.6 is 0 Å². The Labute approximate surface area is 213 Å². The van der Waals surface area contributed by atoms with Crippen LogP contribution < -0.4 is 10.0 Å². The lowest BCUT2D eigenvalue weighted by molar-refractivity contribution is 0.0169. The molecule has 10 heteroatoms. The van der Waals surface area contributed by atoms with E-state index in [1.165, 1.54) is 16.5 Å². The van der Waals surface area contributed by atoms with Gasteiger partial charge in [-0.2, -0.15) is 5.26 Å². The number of anilines is 1. The van der Waals surface area contributed by atoms with Crippen LogP contribution in [0.25, 0.3) is 0 Å². The quantitative estimate of drug-likeness (QED) is 0.551. The van der Waals surface area contributed by atoms with Crippen molar-refractivity contribution in [3.05, 3.63) is 39.8 Å². The van der Waals surface area contributed by atoms with Crippen molar-refractivity contribution in [3.8, 4) is 6.19 Å². The molecule has 0 bridgehead atoms. The van der Waals surface area contributed by atoms with Crippen molar-refractivity contribution in [1.82, 2.24) is 9.62 Å². The molecule has 2 aliphatic carbocycles. The molecule has 0 saturated carbocycles. The number of likely N-dealkylation sites (tertiary alicyclic amines) is 1. The van der Waals surface area contributed by atoms with E-state index in [1.807, 2.05) is 6.92 Å². The molecule has 3 amide bonds. The minimum Gasteiger partial charge on any atom is -0.444 e. The molecule has 0 spiro atoms. The summed E-state index contributed by atoms with van der Waals surface area (Å²) in [5.74, 6) is 0. The first kappa shape index (κ1) is 26.0. The molecule has 36 heavy (non-hydrogen) atoms. The van der Waals surface area contributed by atoms with Crippen molar-refractivity contribution in [1.29, 1.82) is 5.26 Å². The number of rotatable bonds is 4. The topological polar surface area (TPSA) is 124 Å². The van der Waals surface area contributed by atoms with E-state index in [0.29, 0.717) is 13.0 Å². The zero-order valence-electron chi connectivity index (χ0n) is 21.5. The third-order valence-electron chi connectivity index (χ3n) is 7.03. The predicted octanol–water partition coefficient (Wildman–Crippen LogP) is 4.95. The van der Waals surface area contributed by atoms with Gasteiger partial charge in [-0.05, 0) is 107 Å². The average molecular weight is 514 g/mol. The SMILES string of the molecule is CC(C)(C)OC(=O)N1CCC[C@]1(C)/C=C/S(=O)(=NC#N)NC(=O)Nc1c2c(cc3c1CCC3)CCC2. The fourth-order valence-corrected chi connectivity index (χ4v) is 6.49. The molecule has 2 atom stereocenters. The number of nitrogens with zero attached hydrogens (tertiary/aromatic N) is 3. The fraction of sp³-hybridized carbons (Fsp3) is 0.577. The van der Waals surface area contributed by atoms with E-state index in [-0.39, 0.29) is 0 Å². The normalized spacial score (nSPS) is 22.5. The lowest BCUT2D eigenvalue weighted by Crippen LogP contribution is -2.46. The van der Waals surface area contributed by atoms with Gasteiger partial charge in [-0.3, -0.25) is 4.90 Å². The molecule has 1 heterocycles. The van der Waals surface area contributed by atoms with Crippen LogP contribution in [0, 0.1) is 11.5 Å². The average Bonchev–Trinajstić information content (AvgIpc) is 3.51. The monoisotopic (exact) mass is 513 g/mol. The van der Waals surface area contributed by atoms with Gasteiger partial charge in [0.05, 0.1) is 5.54 Å². The highest BCUT2D eigenvalue weighted by atomic mass is 32.2. The number of carbonyl (C=O) groups is 2. The van der Waals surface area contributed by atoms with Crippen molar-refractivity contribution in [2.75, 3.05) is 11.9 Å². The van der Waals surface area contributed by atoms with Crippen molar-refractivity contribution in [2.45, 2.75) is 90.2 Å². The van der Waals surface area contributed by atoms with Gasteiger partial charge in [0.1, 0.15) is 5.60 Å². The highest BCUT2D eigenvalue weighted by Gasteiger charge is 2.40. The Morgan fingerprint density at radius 3 is 2.39 bits per heavy atom. The van der Waals surface area contributed by atoms with Gasteiger partial charge in [0.2, 0.25) is 6.19 Å². The minimum absolute atomic E-state index is 0.464. The molecule has 0 aromatic heterocycles. The summed E-state index contributed by atoms with van der Waals surface area (Å²) < 4.78 is 25.0. The second-order valence-corrected chi connectivity index (χ2v) is 12.7. The second-order valence-electron chi connectivity index (χ2n) is 10.9. The van der Waals surface area contributed by atoms with Gasteiger partial charge in [-0.25, -0.2) is 18.5 Å². The number of carbonyl (C=O) groups excluding carboxylic acids is 2. The molecule has 194 valence electrons. The Balaban J connectivity index is 1.54. The molecular weight excluding hydrogens is 478 g/mol. The van der Waals surface area contributed by atoms with E-state index in [4.69, 9.17) is 4.74 Å². The van der Waals surface area contributed by atoms with Crippen LogP contribution in [0.2, 0.25) is 0 Å². The number of amides is 3. The van der Waals surface area contributed by atoms with Crippen molar-refractivity contribution >= 4 is 27.7 Å². The molecule has 1 aromatic rings. The Morgan fingerprint density at radius 2 is 1.81 bits per heavy atom. The number of fused-ring (bicyclic) bond motifs is 2. The predicted molar refractivity (Wildman–Crippen MR) is 139 cm³/mol. The van der Waals surface area contributed by atoms with Gasteiger partial charge < -0.3 is 10.1 Å². The van der Waals surface area contributed by atoms with E-state index in [0.717, 1.165) is 61.8 Å². The van der Waals surface area contributed by atoms with Crippen molar-refractivity contribution < 1.29 is 18.5 Å². The first-order valence-corrected chi connectivity index (χ1v) is 14.1. The van der Waals surface area contributed by atoms with Crippen LogP contribution in [0.4, 0.5) is 15.3 Å². The number of aryl methyl sites for hydroxylation is 2. The van der Waals surface area contributed by atoms with Crippen molar-refractivity contribution in [2.24, 2.45) is 4.36 Å². The van der Waals surface area contributed by atoms with Crippen LogP contribution in [0.3, 0.4) is 0 Å². The summed E-state index contributed by atoms with van der Waals surface area (Å²) in [5.41, 5.74) is 4.22. The Morgan fingerprint density at radius 1 is 1.17 bits per heavy atom. The Bertz CT molecular complexity index is 1230. The van der Waals surface area contributed by atoms with Gasteiger partial charge in [0.15, 0.2) is 9.92 Å². The maximum atomic E-state index is 13.5. The summed E-state index contributed by atoms with van der Waals surface area (Å²) in [6, 6.07) is 1.60. The van der Waals surface area contributed by atoms with Crippen molar-refractivity contribution in [3.63, 3.8) is 0 Å². The van der Waals surface area contributed by atoms with Crippen LogP contribution in [-0.4, -0.2) is 38.9 Å². The summed E-state index contributed by atoms with van der Waals surface area (Å²) in [7, 11) is -3.55. The number of ether oxygens (including phenoxy) is 1. The Kier molecular flexibility index (Phi) is 7.06. The molecule has 2 N–H and O–H groups in total. The first-order valence-electron chi connectivity index (χ1n) is 12.5. The van der Waals surface area contributed by atoms with E-state index in [2.05, 4.69) is 20.5 Å². The highest BCUT2D eigenvalue weighted by molar-refractivity contribution is 7.95. The lowest BCUT2D eigenvalue weighted by atomic mass is 9.99. The Hall–Kier alpha value is -3.06. The zero-order chi connectivity index (χ0) is 26.1. The molecule has 1 aromatic carbocycles. The molecule has 1 fully saturated rings. The van der Waals surface area contributed by atoms with Crippen LogP contribution in [0.1, 0.15) is 75.6 Å². The molecule has 1 aliphatic heterocycles. The molecule has 1 unspecified atom stereocenters. The number of nitrogens with one attached hydrogen (secondary N) is 2. The largest absolute Gasteiger partial charge is 0.444 e. The first-order chi connectivity index (χ1) is 16.9. The number of urea groups is 1. The van der Waals surface area contributed by atoms with E-state index >= 15 is 0 Å². The number of hydrogen-bond donors (Lipinski definition) is 2. The van der Waals surface area contributed by atoms with E-state index in [9.17, 15) is 19.1 Å². The zero-order valence-corrected chi connectivity index (χ0v) is 22.3. The van der Waals surface area contributed by atoms with Gasteiger partial charge in [0, 0.05) is 17.6 Å². The van der Waals surface area contributed by atoms with Gasteiger partial charge in [-0.1, -0.05) is 10.4 Å². The van der Waals surface area contributed by atoms with E-state index in [1.54, 1.807) is 37.9 Å². The number of nitriles is 1. The second kappa shape index (κ2) is 9.77.